The molecule has 19 heavy (non-hydrogen) atoms. The highest BCUT2D eigenvalue weighted by Gasteiger charge is 2.21. The molecular formula is C14H22N2O2S. The summed E-state index contributed by atoms with van der Waals surface area (Å²) in [6, 6.07) is 7.06. The number of benzene rings is 1. The molecule has 1 aromatic rings. The predicted molar refractivity (Wildman–Crippen MR) is 78.5 cm³/mol. The zero-order chi connectivity index (χ0) is 14.3. The Bertz CT molecular complexity index is 512. The van der Waals surface area contributed by atoms with E-state index in [0.29, 0.717) is 24.5 Å². The topological polar surface area (TPSA) is 49.4 Å². The molecule has 0 heterocycles. The maximum absolute atomic E-state index is 12.4. The van der Waals surface area contributed by atoms with E-state index in [2.05, 4.69) is 11.9 Å². The van der Waals surface area contributed by atoms with E-state index in [1.54, 1.807) is 24.3 Å². The summed E-state index contributed by atoms with van der Waals surface area (Å²) in [6.07, 6.45) is 1.60. The Balaban J connectivity index is 3.03. The van der Waals surface area contributed by atoms with E-state index in [-0.39, 0.29) is 0 Å². The van der Waals surface area contributed by atoms with E-state index >= 15 is 0 Å². The molecule has 0 aliphatic carbocycles. The maximum Gasteiger partial charge on any atom is 0.243 e. The molecule has 0 bridgehead atoms. The Morgan fingerprint density at radius 1 is 1.37 bits per heavy atom. The van der Waals surface area contributed by atoms with Crippen LogP contribution in [0.25, 0.3) is 0 Å². The quantitative estimate of drug-likeness (QED) is 0.742. The first-order chi connectivity index (χ1) is 9.06. The van der Waals surface area contributed by atoms with Gasteiger partial charge in [-0.15, -0.1) is 6.58 Å². The van der Waals surface area contributed by atoms with Crippen molar-refractivity contribution in [2.75, 3.05) is 19.6 Å². The number of likely N-dealkylation sites (N-methyl/N-ethyl adjacent to an activating group) is 1. The van der Waals surface area contributed by atoms with Crippen LogP contribution >= 0.6 is 0 Å². The molecule has 0 unspecified atom stereocenters. The maximum atomic E-state index is 12.4. The lowest BCUT2D eigenvalue weighted by molar-refractivity contribution is 0.459. The molecule has 0 spiro atoms. The van der Waals surface area contributed by atoms with Gasteiger partial charge < -0.3 is 5.32 Å². The Labute approximate surface area is 116 Å². The highest BCUT2D eigenvalue weighted by atomic mass is 32.2. The van der Waals surface area contributed by atoms with E-state index in [1.807, 2.05) is 19.9 Å². The molecule has 106 valence electrons. The lowest BCUT2D eigenvalue weighted by atomic mass is 10.2. The van der Waals surface area contributed by atoms with Gasteiger partial charge >= 0.3 is 0 Å². The van der Waals surface area contributed by atoms with Crippen LogP contribution in [-0.4, -0.2) is 32.4 Å². The molecule has 4 nitrogen and oxygen atoms in total. The molecule has 1 aromatic carbocycles. The first-order valence-electron chi connectivity index (χ1n) is 6.47. The summed E-state index contributed by atoms with van der Waals surface area (Å²) in [5, 5.41) is 3.19. The zero-order valence-corrected chi connectivity index (χ0v) is 12.4. The summed E-state index contributed by atoms with van der Waals surface area (Å²) in [4.78, 5) is 0.339. The molecule has 0 aromatic heterocycles. The van der Waals surface area contributed by atoms with Gasteiger partial charge in [-0.05, 0) is 24.2 Å². The Morgan fingerprint density at radius 3 is 2.68 bits per heavy atom. The van der Waals surface area contributed by atoms with Gasteiger partial charge in [-0.2, -0.15) is 4.31 Å². The molecule has 0 saturated carbocycles. The molecule has 0 aliphatic rings. The van der Waals surface area contributed by atoms with Crippen molar-refractivity contribution < 1.29 is 8.42 Å². The summed E-state index contributed by atoms with van der Waals surface area (Å²) < 4.78 is 26.3. The third-order valence-electron chi connectivity index (χ3n) is 2.80. The van der Waals surface area contributed by atoms with Crippen molar-refractivity contribution in [1.82, 2.24) is 9.62 Å². The van der Waals surface area contributed by atoms with Gasteiger partial charge in [-0.3, -0.25) is 0 Å². The van der Waals surface area contributed by atoms with Crippen molar-refractivity contribution in [1.29, 1.82) is 0 Å². The normalized spacial score (nSPS) is 11.7. The molecule has 0 amide bonds. The zero-order valence-electron chi connectivity index (χ0n) is 11.6. The van der Waals surface area contributed by atoms with Crippen LogP contribution in [0.5, 0.6) is 0 Å². The molecule has 0 aliphatic heterocycles. The molecule has 1 N–H and O–H groups in total. The third kappa shape index (κ3) is 4.16. The summed E-state index contributed by atoms with van der Waals surface area (Å²) in [5.74, 6) is 0. The van der Waals surface area contributed by atoms with Crippen molar-refractivity contribution >= 4 is 10.0 Å². The van der Waals surface area contributed by atoms with Gasteiger partial charge in [0.2, 0.25) is 10.0 Å². The minimum absolute atomic E-state index is 0.330. The second-order valence-electron chi connectivity index (χ2n) is 4.17. The molecule has 0 fully saturated rings. The van der Waals surface area contributed by atoms with E-state index in [1.165, 1.54) is 4.31 Å². The van der Waals surface area contributed by atoms with Crippen LogP contribution in [0.2, 0.25) is 0 Å². The van der Waals surface area contributed by atoms with Crippen molar-refractivity contribution in [2.45, 2.75) is 25.3 Å². The lowest BCUT2D eigenvalue weighted by Crippen LogP contribution is -2.31. The van der Waals surface area contributed by atoms with Crippen molar-refractivity contribution in [3.8, 4) is 0 Å². The number of sulfonamides is 1. The fourth-order valence-electron chi connectivity index (χ4n) is 1.78. The van der Waals surface area contributed by atoms with Crippen LogP contribution in [0.4, 0.5) is 0 Å². The monoisotopic (exact) mass is 282 g/mol. The fourth-order valence-corrected chi connectivity index (χ4v) is 3.27. The van der Waals surface area contributed by atoms with Crippen LogP contribution in [0.15, 0.2) is 41.8 Å². The SMILES string of the molecule is C=CCN(CC)S(=O)(=O)c1cccc(CNCC)c1. The third-order valence-corrected chi connectivity index (χ3v) is 4.74. The number of hydrogen-bond acceptors (Lipinski definition) is 3. The summed E-state index contributed by atoms with van der Waals surface area (Å²) in [5.41, 5.74) is 0.970. The van der Waals surface area contributed by atoms with Crippen LogP contribution in [0, 0.1) is 0 Å². The van der Waals surface area contributed by atoms with E-state index < -0.39 is 10.0 Å². The number of rotatable bonds is 8. The molecule has 5 heteroatoms. The van der Waals surface area contributed by atoms with Gasteiger partial charge in [-0.1, -0.05) is 32.1 Å². The standard InChI is InChI=1S/C14H22N2O2S/c1-4-10-16(6-3)19(17,18)14-9-7-8-13(11-14)12-15-5-2/h4,7-9,11,15H,1,5-6,10,12H2,2-3H3. The van der Waals surface area contributed by atoms with E-state index in [0.717, 1.165) is 12.1 Å². The van der Waals surface area contributed by atoms with E-state index in [9.17, 15) is 8.42 Å². The lowest BCUT2D eigenvalue weighted by Gasteiger charge is -2.19. The number of nitrogens with one attached hydrogen (secondary N) is 1. The minimum Gasteiger partial charge on any atom is -0.313 e. The van der Waals surface area contributed by atoms with Gasteiger partial charge in [0.25, 0.3) is 0 Å². The minimum atomic E-state index is -3.43. The Morgan fingerprint density at radius 2 is 2.11 bits per heavy atom. The summed E-state index contributed by atoms with van der Waals surface area (Å²) in [6.45, 7) is 9.73. The molecule has 1 rings (SSSR count). The average molecular weight is 282 g/mol. The Hall–Kier alpha value is -1.17. The van der Waals surface area contributed by atoms with Crippen LogP contribution < -0.4 is 5.32 Å². The van der Waals surface area contributed by atoms with Crippen LogP contribution in [0.1, 0.15) is 19.4 Å². The molecular weight excluding hydrogens is 260 g/mol. The smallest absolute Gasteiger partial charge is 0.243 e. The molecule has 0 atom stereocenters. The van der Waals surface area contributed by atoms with Crippen LogP contribution in [-0.2, 0) is 16.6 Å². The van der Waals surface area contributed by atoms with Crippen molar-refractivity contribution in [2.24, 2.45) is 0 Å². The fraction of sp³-hybridized carbons (Fsp3) is 0.429. The highest BCUT2D eigenvalue weighted by molar-refractivity contribution is 7.89. The Kier molecular flexibility index (Phi) is 6.21. The van der Waals surface area contributed by atoms with Gasteiger partial charge in [-0.25, -0.2) is 8.42 Å². The molecule has 0 saturated heterocycles. The van der Waals surface area contributed by atoms with Crippen LogP contribution in [0.3, 0.4) is 0 Å². The van der Waals surface area contributed by atoms with Gasteiger partial charge in [0, 0.05) is 19.6 Å². The number of nitrogens with zero attached hydrogens (tertiary/aromatic N) is 1. The second kappa shape index (κ2) is 7.43. The largest absolute Gasteiger partial charge is 0.313 e. The van der Waals surface area contributed by atoms with Gasteiger partial charge in [0.1, 0.15) is 0 Å². The van der Waals surface area contributed by atoms with Crippen molar-refractivity contribution in [3.05, 3.63) is 42.5 Å². The summed E-state index contributed by atoms with van der Waals surface area (Å²) >= 11 is 0. The van der Waals surface area contributed by atoms with Gasteiger partial charge in [0.05, 0.1) is 4.90 Å². The first-order valence-corrected chi connectivity index (χ1v) is 7.91. The van der Waals surface area contributed by atoms with Crippen molar-refractivity contribution in [3.63, 3.8) is 0 Å². The summed E-state index contributed by atoms with van der Waals surface area (Å²) in [7, 11) is -3.43. The first kappa shape index (κ1) is 15.9. The highest BCUT2D eigenvalue weighted by Crippen LogP contribution is 2.17. The predicted octanol–water partition coefficient (Wildman–Crippen LogP) is 1.99. The second-order valence-corrected chi connectivity index (χ2v) is 6.11. The molecule has 0 radical (unpaired) electrons. The van der Waals surface area contributed by atoms with Gasteiger partial charge in [0.15, 0.2) is 0 Å². The average Bonchev–Trinajstić information content (AvgIpc) is 2.42. The van der Waals surface area contributed by atoms with E-state index in [4.69, 9.17) is 0 Å². The number of hydrogen-bond donors (Lipinski definition) is 1.